The van der Waals surface area contributed by atoms with E-state index in [-0.39, 0.29) is 0 Å². The van der Waals surface area contributed by atoms with Gasteiger partial charge in [0, 0.05) is 42.4 Å². The van der Waals surface area contributed by atoms with Crippen LogP contribution in [0.25, 0.3) is 98.8 Å². The van der Waals surface area contributed by atoms with Gasteiger partial charge in [-0.25, -0.2) is 19.9 Å². The van der Waals surface area contributed by atoms with Gasteiger partial charge in [0.15, 0.2) is 23.1 Å². The van der Waals surface area contributed by atoms with Gasteiger partial charge in [-0.05, 0) is 58.3 Å². The van der Waals surface area contributed by atoms with Crippen molar-refractivity contribution in [2.45, 2.75) is 0 Å². The van der Waals surface area contributed by atoms with Crippen LogP contribution in [0, 0.1) is 0 Å². The van der Waals surface area contributed by atoms with E-state index in [0.29, 0.717) is 23.4 Å². The lowest BCUT2D eigenvalue weighted by Gasteiger charge is -2.10. The molecule has 0 saturated carbocycles. The monoisotopic (exact) mass is 658 g/mol. The van der Waals surface area contributed by atoms with E-state index in [1.807, 2.05) is 60.7 Å². The van der Waals surface area contributed by atoms with Gasteiger partial charge in [0.1, 0.15) is 5.52 Å². The third kappa shape index (κ3) is 4.93. The van der Waals surface area contributed by atoms with Crippen LogP contribution < -0.4 is 0 Å². The van der Waals surface area contributed by atoms with Crippen LogP contribution in [-0.2, 0) is 0 Å². The van der Waals surface area contributed by atoms with E-state index in [9.17, 15) is 0 Å². The summed E-state index contributed by atoms with van der Waals surface area (Å²) in [6, 6.07) is 54.2. The van der Waals surface area contributed by atoms with E-state index in [0.717, 1.165) is 59.1 Å². The number of hydrogen-bond acceptors (Lipinski definition) is 6. The molecule has 10 rings (SSSR count). The van der Waals surface area contributed by atoms with Gasteiger partial charge in [0.2, 0.25) is 5.89 Å². The molecule has 0 spiro atoms. The van der Waals surface area contributed by atoms with Crippen LogP contribution in [-0.4, -0.2) is 19.9 Å². The highest BCUT2D eigenvalue weighted by atomic mass is 32.1. The Morgan fingerprint density at radius 1 is 0.420 bits per heavy atom. The SMILES string of the molecule is c1ccc(-c2nc(-c3ccc(-c4ccc5ccccc5c4)cc3)nc(-c3cccc4c3sc3cc5nc(-c6ccccc6)oc5cc34)n2)cc1. The zero-order valence-electron chi connectivity index (χ0n) is 26.6. The minimum atomic E-state index is 0.625. The molecule has 0 saturated heterocycles. The predicted octanol–water partition coefficient (Wildman–Crippen LogP) is 11.9. The summed E-state index contributed by atoms with van der Waals surface area (Å²) in [4.78, 5) is 20.0. The quantitative estimate of drug-likeness (QED) is 0.184. The average Bonchev–Trinajstić information content (AvgIpc) is 3.78. The van der Waals surface area contributed by atoms with E-state index in [1.54, 1.807) is 11.3 Å². The number of oxazole rings is 1. The number of rotatable bonds is 5. The summed E-state index contributed by atoms with van der Waals surface area (Å²) in [5, 5.41) is 4.71. The molecule has 3 aromatic heterocycles. The second-order valence-corrected chi connectivity index (χ2v) is 13.3. The molecule has 0 fully saturated rings. The van der Waals surface area contributed by atoms with Crippen LogP contribution in [0.1, 0.15) is 0 Å². The average molecular weight is 659 g/mol. The topological polar surface area (TPSA) is 64.7 Å². The highest BCUT2D eigenvalue weighted by molar-refractivity contribution is 7.26. The van der Waals surface area contributed by atoms with Crippen LogP contribution in [0.2, 0.25) is 0 Å². The lowest BCUT2D eigenvalue weighted by atomic mass is 10.00. The first-order chi connectivity index (χ1) is 24.7. The molecule has 10 aromatic rings. The highest BCUT2D eigenvalue weighted by Gasteiger charge is 2.18. The van der Waals surface area contributed by atoms with Gasteiger partial charge in [0.25, 0.3) is 0 Å². The molecule has 0 aliphatic carbocycles. The molecule has 3 heterocycles. The summed E-state index contributed by atoms with van der Waals surface area (Å²) in [5.74, 6) is 2.53. The molecule has 6 heteroatoms. The molecule has 0 aliphatic rings. The third-order valence-electron chi connectivity index (χ3n) is 9.16. The number of nitrogens with zero attached hydrogens (tertiary/aromatic N) is 4. The molecular weight excluding hydrogens is 633 g/mol. The van der Waals surface area contributed by atoms with Crippen LogP contribution in [0.3, 0.4) is 0 Å². The Labute approximate surface area is 291 Å². The van der Waals surface area contributed by atoms with Crippen LogP contribution in [0.4, 0.5) is 0 Å². The van der Waals surface area contributed by atoms with E-state index in [4.69, 9.17) is 24.4 Å². The number of fused-ring (bicyclic) bond motifs is 5. The first-order valence-corrected chi connectivity index (χ1v) is 17.3. The first kappa shape index (κ1) is 28.5. The molecule has 0 unspecified atom stereocenters. The fourth-order valence-electron chi connectivity index (χ4n) is 6.62. The van der Waals surface area contributed by atoms with Crippen molar-refractivity contribution in [2.75, 3.05) is 0 Å². The third-order valence-corrected chi connectivity index (χ3v) is 10.4. The fraction of sp³-hybridized carbons (Fsp3) is 0. The minimum Gasteiger partial charge on any atom is -0.436 e. The molecule has 0 amide bonds. The zero-order chi connectivity index (χ0) is 33.0. The van der Waals surface area contributed by atoms with E-state index in [2.05, 4.69) is 97.1 Å². The molecule has 0 radical (unpaired) electrons. The molecule has 5 nitrogen and oxygen atoms in total. The van der Waals surface area contributed by atoms with Crippen molar-refractivity contribution in [3.8, 4) is 56.7 Å². The van der Waals surface area contributed by atoms with Gasteiger partial charge in [-0.1, -0.05) is 121 Å². The van der Waals surface area contributed by atoms with Crippen molar-refractivity contribution >= 4 is 53.4 Å². The lowest BCUT2D eigenvalue weighted by molar-refractivity contribution is 0.620. The van der Waals surface area contributed by atoms with Gasteiger partial charge < -0.3 is 4.42 Å². The molecule has 0 N–H and O–H groups in total. The summed E-state index contributed by atoms with van der Waals surface area (Å²) < 4.78 is 8.49. The molecule has 0 atom stereocenters. The normalized spacial score (nSPS) is 11.6. The Hall–Kier alpha value is -6.50. The summed E-state index contributed by atoms with van der Waals surface area (Å²) in [6.07, 6.45) is 0. The number of thiophene rings is 1. The Morgan fingerprint density at radius 3 is 1.84 bits per heavy atom. The second kappa shape index (κ2) is 11.6. The van der Waals surface area contributed by atoms with Crippen LogP contribution >= 0.6 is 11.3 Å². The van der Waals surface area contributed by atoms with Gasteiger partial charge in [-0.2, -0.15) is 0 Å². The fourth-order valence-corrected chi connectivity index (χ4v) is 7.85. The molecule has 50 heavy (non-hydrogen) atoms. The number of aromatic nitrogens is 4. The van der Waals surface area contributed by atoms with Crippen molar-refractivity contribution < 1.29 is 4.42 Å². The molecule has 7 aromatic carbocycles. The maximum Gasteiger partial charge on any atom is 0.227 e. The Balaban J connectivity index is 1.09. The highest BCUT2D eigenvalue weighted by Crippen LogP contribution is 2.42. The van der Waals surface area contributed by atoms with Gasteiger partial charge in [-0.3, -0.25) is 0 Å². The Morgan fingerprint density at radius 2 is 1.06 bits per heavy atom. The van der Waals surface area contributed by atoms with Crippen molar-refractivity contribution in [1.82, 2.24) is 19.9 Å². The molecule has 234 valence electrons. The summed E-state index contributed by atoms with van der Waals surface area (Å²) >= 11 is 1.72. The Kier molecular flexibility index (Phi) is 6.60. The van der Waals surface area contributed by atoms with Crippen molar-refractivity contribution in [1.29, 1.82) is 0 Å². The molecular formula is C44H26N4OS. The lowest BCUT2D eigenvalue weighted by Crippen LogP contribution is -2.00. The molecule has 0 aliphatic heterocycles. The predicted molar refractivity (Wildman–Crippen MR) is 205 cm³/mol. The van der Waals surface area contributed by atoms with Gasteiger partial charge >= 0.3 is 0 Å². The summed E-state index contributed by atoms with van der Waals surface area (Å²) in [7, 11) is 0. The minimum absolute atomic E-state index is 0.625. The van der Waals surface area contributed by atoms with E-state index < -0.39 is 0 Å². The van der Waals surface area contributed by atoms with Crippen LogP contribution in [0.15, 0.2) is 162 Å². The largest absolute Gasteiger partial charge is 0.436 e. The number of benzene rings is 7. The van der Waals surface area contributed by atoms with Crippen molar-refractivity contribution in [3.63, 3.8) is 0 Å². The van der Waals surface area contributed by atoms with Crippen LogP contribution in [0.5, 0.6) is 0 Å². The van der Waals surface area contributed by atoms with Crippen molar-refractivity contribution in [2.24, 2.45) is 0 Å². The standard InChI is InChI=1S/C44H26N4OS/c1-3-11-29(12-4-1)41-46-42(30-21-18-28(19-22-30)33-23-20-27-10-7-8-15-32(27)24-33)48-43(47-41)35-17-9-16-34-36-25-38-37(26-39(36)50-40(34)35)45-44(49-38)31-13-5-2-6-14-31/h1-26H. The zero-order valence-corrected chi connectivity index (χ0v) is 27.4. The van der Waals surface area contributed by atoms with E-state index >= 15 is 0 Å². The maximum absolute atomic E-state index is 6.24. The second-order valence-electron chi connectivity index (χ2n) is 12.3. The summed E-state index contributed by atoms with van der Waals surface area (Å²) in [5.41, 5.74) is 7.71. The smallest absolute Gasteiger partial charge is 0.227 e. The van der Waals surface area contributed by atoms with E-state index in [1.165, 1.54) is 16.3 Å². The van der Waals surface area contributed by atoms with Crippen molar-refractivity contribution in [3.05, 3.63) is 158 Å². The first-order valence-electron chi connectivity index (χ1n) is 16.5. The molecule has 0 bridgehead atoms. The summed E-state index contributed by atoms with van der Waals surface area (Å²) in [6.45, 7) is 0. The van der Waals surface area contributed by atoms with Gasteiger partial charge in [0.05, 0.1) is 0 Å². The van der Waals surface area contributed by atoms with Gasteiger partial charge in [-0.15, -0.1) is 11.3 Å². The number of hydrogen-bond donors (Lipinski definition) is 0. The maximum atomic E-state index is 6.24. The Bertz CT molecular complexity index is 2860.